The quantitative estimate of drug-likeness (QED) is 0.620. The van der Waals surface area contributed by atoms with Gasteiger partial charge in [-0.15, -0.1) is 0 Å². The molecule has 2 aliphatic rings. The number of amides is 1. The van der Waals surface area contributed by atoms with E-state index in [0.717, 1.165) is 28.3 Å². The van der Waals surface area contributed by atoms with E-state index in [4.69, 9.17) is 4.74 Å². The van der Waals surface area contributed by atoms with Gasteiger partial charge in [0.25, 0.3) is 5.91 Å². The topological polar surface area (TPSA) is 83.9 Å². The summed E-state index contributed by atoms with van der Waals surface area (Å²) in [5.41, 5.74) is 5.07. The van der Waals surface area contributed by atoms with Gasteiger partial charge in [-0.2, -0.15) is 4.31 Å². The third-order valence-corrected chi connectivity index (χ3v) is 8.50. The number of ether oxygens (including phenoxy) is 1. The summed E-state index contributed by atoms with van der Waals surface area (Å²) in [5, 5.41) is 3.48. The molecule has 1 N–H and O–H groups in total. The molecule has 1 atom stereocenters. The lowest BCUT2D eigenvalue weighted by atomic mass is 10.0. The average Bonchev–Trinajstić information content (AvgIpc) is 3.15. The fraction of sp³-hybridized carbons (Fsp3) is 0.320. The molecule has 3 heterocycles. The Hall–Kier alpha value is -3.14. The predicted molar refractivity (Wildman–Crippen MR) is 130 cm³/mol. The zero-order valence-corrected chi connectivity index (χ0v) is 20.3. The van der Waals surface area contributed by atoms with Crippen LogP contribution in [0.1, 0.15) is 33.5 Å². The first-order valence-electron chi connectivity index (χ1n) is 11.3. The highest BCUT2D eigenvalue weighted by Crippen LogP contribution is 2.35. The Kier molecular flexibility index (Phi) is 5.71. The Balaban J connectivity index is 1.52. The van der Waals surface area contributed by atoms with Crippen LogP contribution in [0.25, 0.3) is 5.69 Å². The number of sulfonamides is 1. The highest BCUT2D eigenvalue weighted by molar-refractivity contribution is 7.89. The molecule has 1 saturated heterocycles. The normalized spacial score (nSPS) is 19.1. The van der Waals surface area contributed by atoms with Crippen LogP contribution in [-0.4, -0.2) is 61.4 Å². The van der Waals surface area contributed by atoms with E-state index in [1.165, 1.54) is 4.31 Å². The van der Waals surface area contributed by atoms with Gasteiger partial charge in [0.05, 0.1) is 23.7 Å². The van der Waals surface area contributed by atoms with Crippen molar-refractivity contribution in [2.24, 2.45) is 0 Å². The second-order valence-electron chi connectivity index (χ2n) is 8.68. The van der Waals surface area contributed by atoms with E-state index in [2.05, 4.69) is 5.32 Å². The van der Waals surface area contributed by atoms with Crippen molar-refractivity contribution in [2.75, 3.05) is 38.7 Å². The Labute approximate surface area is 199 Å². The van der Waals surface area contributed by atoms with Crippen molar-refractivity contribution in [2.45, 2.75) is 24.9 Å². The summed E-state index contributed by atoms with van der Waals surface area (Å²) in [7, 11) is -1.82. The van der Waals surface area contributed by atoms with Gasteiger partial charge in [0.15, 0.2) is 0 Å². The first-order valence-corrected chi connectivity index (χ1v) is 12.7. The molecule has 1 fully saturated rings. The molecule has 9 heteroatoms. The van der Waals surface area contributed by atoms with Crippen molar-refractivity contribution in [3.63, 3.8) is 0 Å². The van der Waals surface area contributed by atoms with Gasteiger partial charge in [-0.3, -0.25) is 4.79 Å². The number of hydrogen-bond acceptors (Lipinski definition) is 5. The summed E-state index contributed by atoms with van der Waals surface area (Å²) in [6.45, 7) is 5.49. The summed E-state index contributed by atoms with van der Waals surface area (Å²) >= 11 is 0. The third kappa shape index (κ3) is 3.70. The molecule has 34 heavy (non-hydrogen) atoms. The summed E-state index contributed by atoms with van der Waals surface area (Å²) < 4.78 is 35.2. The molecular weight excluding hydrogens is 452 g/mol. The second kappa shape index (κ2) is 8.57. The number of nitrogens with zero attached hydrogens (tertiary/aromatic N) is 3. The molecule has 1 amide bonds. The lowest BCUT2D eigenvalue weighted by molar-refractivity contribution is 0.0730. The van der Waals surface area contributed by atoms with Crippen LogP contribution in [-0.2, 0) is 14.8 Å². The number of carbonyl (C=O) groups is 1. The summed E-state index contributed by atoms with van der Waals surface area (Å²) in [6, 6.07) is 16.6. The molecular formula is C25H28N4O4S. The van der Waals surface area contributed by atoms with Crippen molar-refractivity contribution in [1.29, 1.82) is 0 Å². The Morgan fingerprint density at radius 3 is 2.50 bits per heavy atom. The molecule has 0 saturated carbocycles. The van der Waals surface area contributed by atoms with Gasteiger partial charge in [0.1, 0.15) is 6.17 Å². The highest BCUT2D eigenvalue weighted by atomic mass is 32.2. The molecule has 0 bridgehead atoms. The smallest absolute Gasteiger partial charge is 0.257 e. The lowest BCUT2D eigenvalue weighted by Gasteiger charge is -2.35. The van der Waals surface area contributed by atoms with E-state index in [1.807, 2.05) is 54.8 Å². The maximum Gasteiger partial charge on any atom is 0.257 e. The lowest BCUT2D eigenvalue weighted by Crippen LogP contribution is -2.40. The van der Waals surface area contributed by atoms with Crippen molar-refractivity contribution < 1.29 is 17.9 Å². The van der Waals surface area contributed by atoms with Crippen molar-refractivity contribution in [3.8, 4) is 5.69 Å². The van der Waals surface area contributed by atoms with Gasteiger partial charge < -0.3 is 19.5 Å². The predicted octanol–water partition coefficient (Wildman–Crippen LogP) is 3.31. The summed E-state index contributed by atoms with van der Waals surface area (Å²) in [6.07, 6.45) is -0.331. The molecule has 2 aliphatic heterocycles. The Morgan fingerprint density at radius 1 is 1.00 bits per heavy atom. The minimum atomic E-state index is -3.61. The molecule has 0 radical (unpaired) electrons. The number of fused-ring (bicyclic) bond motifs is 1. The number of anilines is 1. The van der Waals surface area contributed by atoms with Crippen LogP contribution in [0.5, 0.6) is 0 Å². The zero-order valence-electron chi connectivity index (χ0n) is 19.5. The van der Waals surface area contributed by atoms with Crippen molar-refractivity contribution in [1.82, 2.24) is 13.8 Å². The van der Waals surface area contributed by atoms with Crippen LogP contribution in [0.4, 0.5) is 5.69 Å². The van der Waals surface area contributed by atoms with Crippen LogP contribution < -0.4 is 5.32 Å². The van der Waals surface area contributed by atoms with Crippen LogP contribution in [0.2, 0.25) is 0 Å². The second-order valence-corrected chi connectivity index (χ2v) is 10.6. The molecule has 1 aromatic heterocycles. The van der Waals surface area contributed by atoms with Gasteiger partial charge >= 0.3 is 0 Å². The largest absolute Gasteiger partial charge is 0.379 e. The number of benzene rings is 2. The third-order valence-electron chi connectivity index (χ3n) is 6.61. The van der Waals surface area contributed by atoms with Crippen LogP contribution in [0.15, 0.2) is 59.5 Å². The number of para-hydroxylation sites is 1. The van der Waals surface area contributed by atoms with E-state index in [9.17, 15) is 13.2 Å². The van der Waals surface area contributed by atoms with Crippen molar-refractivity contribution in [3.05, 3.63) is 77.1 Å². The van der Waals surface area contributed by atoms with Crippen LogP contribution in [0, 0.1) is 13.8 Å². The fourth-order valence-corrected chi connectivity index (χ4v) is 6.26. The van der Waals surface area contributed by atoms with Gasteiger partial charge in [0.2, 0.25) is 10.0 Å². The van der Waals surface area contributed by atoms with Gasteiger partial charge in [-0.25, -0.2) is 8.42 Å². The first-order chi connectivity index (χ1) is 16.3. The number of aromatic nitrogens is 1. The number of morpholine rings is 1. The molecule has 8 nitrogen and oxygen atoms in total. The Bertz CT molecular complexity index is 1360. The minimum Gasteiger partial charge on any atom is -0.379 e. The highest BCUT2D eigenvalue weighted by Gasteiger charge is 2.32. The molecule has 0 spiro atoms. The number of rotatable bonds is 4. The number of carbonyl (C=O) groups excluding carboxylic acids is 1. The number of hydrogen-bond donors (Lipinski definition) is 1. The number of nitrogens with one attached hydrogen (secondary N) is 1. The molecule has 0 aliphatic carbocycles. The fourth-order valence-electron chi connectivity index (χ4n) is 4.81. The maximum atomic E-state index is 13.2. The van der Waals surface area contributed by atoms with E-state index in [1.54, 1.807) is 30.1 Å². The molecule has 3 aromatic rings. The maximum absolute atomic E-state index is 13.2. The zero-order chi connectivity index (χ0) is 24.0. The van der Waals surface area contributed by atoms with E-state index in [-0.39, 0.29) is 17.0 Å². The van der Waals surface area contributed by atoms with Crippen LogP contribution >= 0.6 is 0 Å². The van der Waals surface area contributed by atoms with E-state index < -0.39 is 10.0 Å². The molecule has 178 valence electrons. The molecule has 0 unspecified atom stereocenters. The minimum absolute atomic E-state index is 0.0391. The SMILES string of the molecule is Cc1cc([C@H]2Nc3ccccc3C(=O)N2C)c(C)n1-c1cccc(S(=O)(=O)N2CCOCC2)c1. The van der Waals surface area contributed by atoms with Gasteiger partial charge in [-0.1, -0.05) is 18.2 Å². The average molecular weight is 481 g/mol. The van der Waals surface area contributed by atoms with E-state index in [0.29, 0.717) is 31.9 Å². The monoisotopic (exact) mass is 480 g/mol. The molecule has 5 rings (SSSR count). The summed E-state index contributed by atoms with van der Waals surface area (Å²) in [5.74, 6) is -0.0391. The summed E-state index contributed by atoms with van der Waals surface area (Å²) in [4.78, 5) is 14.9. The molecule has 2 aromatic carbocycles. The standard InChI is InChI=1S/C25H28N4O4S/c1-17-15-22(24-26-23-10-5-4-9-21(23)25(30)27(24)3)18(2)29(17)19-7-6-8-20(16-19)34(31,32)28-11-13-33-14-12-28/h4-10,15-16,24,26H,11-14H2,1-3H3/t24-/m0/s1. The van der Waals surface area contributed by atoms with Crippen LogP contribution in [0.3, 0.4) is 0 Å². The first kappa shape index (κ1) is 22.6. The number of aryl methyl sites for hydroxylation is 1. The van der Waals surface area contributed by atoms with Gasteiger partial charge in [-0.05, 0) is 50.2 Å². The van der Waals surface area contributed by atoms with Gasteiger partial charge in [0, 0.05) is 48.5 Å². The Morgan fingerprint density at radius 2 is 1.74 bits per heavy atom. The van der Waals surface area contributed by atoms with E-state index >= 15 is 0 Å². The van der Waals surface area contributed by atoms with Crippen molar-refractivity contribution >= 4 is 21.6 Å².